The van der Waals surface area contributed by atoms with Crippen LogP contribution in [0, 0.1) is 17.3 Å². The molecule has 0 aromatic heterocycles. The van der Waals surface area contributed by atoms with E-state index in [1.165, 1.54) is 32.4 Å². The number of rotatable bonds is 3. The van der Waals surface area contributed by atoms with Gasteiger partial charge in [0.05, 0.1) is 0 Å². The maximum absolute atomic E-state index is 3.89. The first-order chi connectivity index (χ1) is 8.33. The fraction of sp³-hybridized carbons (Fsp3) is 1.00. The number of nitrogens with zero attached hydrogens (tertiary/aromatic N) is 1. The molecule has 0 bridgehead atoms. The van der Waals surface area contributed by atoms with Gasteiger partial charge in [-0.05, 0) is 43.4 Å². The van der Waals surface area contributed by atoms with Gasteiger partial charge in [0.2, 0.25) is 0 Å². The summed E-state index contributed by atoms with van der Waals surface area (Å²) in [7, 11) is 0. The molecule has 2 aliphatic carbocycles. The summed E-state index contributed by atoms with van der Waals surface area (Å²) in [5, 5.41) is 3.89. The van der Waals surface area contributed by atoms with Crippen LogP contribution in [0.5, 0.6) is 0 Å². The molecule has 0 radical (unpaired) electrons. The van der Waals surface area contributed by atoms with Crippen LogP contribution in [-0.4, -0.2) is 35.6 Å². The molecule has 3 atom stereocenters. The van der Waals surface area contributed by atoms with E-state index >= 15 is 0 Å². The maximum Gasteiger partial charge on any atom is 0.0309 e. The van der Waals surface area contributed by atoms with Gasteiger partial charge in [-0.3, -0.25) is 4.90 Å². The monoisotopic (exact) mass is 250 g/mol. The van der Waals surface area contributed by atoms with Crippen molar-refractivity contribution in [3.05, 3.63) is 0 Å². The van der Waals surface area contributed by atoms with Crippen LogP contribution in [0.1, 0.15) is 53.9 Å². The van der Waals surface area contributed by atoms with Crippen molar-refractivity contribution in [2.45, 2.75) is 71.5 Å². The lowest BCUT2D eigenvalue weighted by molar-refractivity contribution is 0.0372. The molecule has 1 aliphatic heterocycles. The molecule has 104 valence electrons. The minimum atomic E-state index is 0.393. The average molecular weight is 250 g/mol. The van der Waals surface area contributed by atoms with Crippen LogP contribution >= 0.6 is 0 Å². The molecule has 0 aromatic rings. The molecule has 3 unspecified atom stereocenters. The fourth-order valence-corrected chi connectivity index (χ4v) is 3.97. The van der Waals surface area contributed by atoms with Gasteiger partial charge < -0.3 is 5.32 Å². The van der Waals surface area contributed by atoms with Gasteiger partial charge in [-0.1, -0.05) is 27.7 Å². The van der Waals surface area contributed by atoms with Crippen LogP contribution in [0.25, 0.3) is 0 Å². The molecular weight excluding hydrogens is 220 g/mol. The fourth-order valence-electron chi connectivity index (χ4n) is 3.97. The van der Waals surface area contributed by atoms with Crippen LogP contribution in [0.4, 0.5) is 0 Å². The lowest BCUT2D eigenvalue weighted by Crippen LogP contribution is -2.66. The number of hydrogen-bond acceptors (Lipinski definition) is 2. The van der Waals surface area contributed by atoms with Gasteiger partial charge in [-0.2, -0.15) is 0 Å². The van der Waals surface area contributed by atoms with Crippen molar-refractivity contribution in [3.63, 3.8) is 0 Å². The topological polar surface area (TPSA) is 15.3 Å². The quantitative estimate of drug-likeness (QED) is 0.828. The highest BCUT2D eigenvalue weighted by atomic mass is 15.3. The maximum atomic E-state index is 3.89. The van der Waals surface area contributed by atoms with Gasteiger partial charge in [-0.15, -0.1) is 0 Å². The molecule has 1 N–H and O–H groups in total. The van der Waals surface area contributed by atoms with Crippen molar-refractivity contribution in [2.75, 3.05) is 13.1 Å². The Labute approximate surface area is 113 Å². The first kappa shape index (κ1) is 12.9. The molecule has 18 heavy (non-hydrogen) atoms. The molecule has 2 heteroatoms. The van der Waals surface area contributed by atoms with E-state index in [0.717, 1.165) is 23.9 Å². The van der Waals surface area contributed by atoms with Crippen molar-refractivity contribution >= 4 is 0 Å². The first-order valence-corrected chi connectivity index (χ1v) is 7.84. The van der Waals surface area contributed by atoms with Gasteiger partial charge in [0.15, 0.2) is 0 Å². The Morgan fingerprint density at radius 2 is 1.78 bits per heavy atom. The number of piperazine rings is 1. The molecule has 3 rings (SSSR count). The Kier molecular flexibility index (Phi) is 2.84. The summed E-state index contributed by atoms with van der Waals surface area (Å²) in [5.41, 5.74) is 0.957. The summed E-state index contributed by atoms with van der Waals surface area (Å²) >= 11 is 0. The molecule has 1 heterocycles. The lowest BCUT2D eigenvalue weighted by Gasteiger charge is -2.49. The zero-order valence-electron chi connectivity index (χ0n) is 12.8. The van der Waals surface area contributed by atoms with E-state index in [2.05, 4.69) is 44.8 Å². The lowest BCUT2D eigenvalue weighted by atomic mass is 9.87. The highest BCUT2D eigenvalue weighted by Gasteiger charge is 2.55. The van der Waals surface area contributed by atoms with Gasteiger partial charge in [0.25, 0.3) is 0 Å². The molecule has 2 nitrogen and oxygen atoms in total. The summed E-state index contributed by atoms with van der Waals surface area (Å²) < 4.78 is 0. The smallest absolute Gasteiger partial charge is 0.0309 e. The summed E-state index contributed by atoms with van der Waals surface area (Å²) in [6, 6.07) is 1.58. The minimum absolute atomic E-state index is 0.393. The summed E-state index contributed by atoms with van der Waals surface area (Å²) in [6.45, 7) is 14.6. The second-order valence-corrected chi connectivity index (χ2v) is 8.26. The third-order valence-electron chi connectivity index (χ3n) is 5.76. The van der Waals surface area contributed by atoms with E-state index in [0.29, 0.717) is 11.0 Å². The van der Waals surface area contributed by atoms with Crippen LogP contribution in [0.15, 0.2) is 0 Å². The Balaban J connectivity index is 1.76. The van der Waals surface area contributed by atoms with Crippen molar-refractivity contribution in [1.29, 1.82) is 0 Å². The molecule has 2 saturated carbocycles. The third kappa shape index (κ3) is 2.12. The highest BCUT2D eigenvalue weighted by Crippen LogP contribution is 2.52. The van der Waals surface area contributed by atoms with Gasteiger partial charge in [0, 0.05) is 30.7 Å². The van der Waals surface area contributed by atoms with Crippen LogP contribution in [0.3, 0.4) is 0 Å². The molecule has 0 spiro atoms. The second kappa shape index (κ2) is 3.96. The van der Waals surface area contributed by atoms with Crippen LogP contribution in [-0.2, 0) is 0 Å². The van der Waals surface area contributed by atoms with E-state index in [4.69, 9.17) is 0 Å². The largest absolute Gasteiger partial charge is 0.308 e. The van der Waals surface area contributed by atoms with Crippen LogP contribution < -0.4 is 5.32 Å². The molecule has 1 saturated heterocycles. The second-order valence-electron chi connectivity index (χ2n) is 8.26. The van der Waals surface area contributed by atoms with Crippen molar-refractivity contribution in [2.24, 2.45) is 17.3 Å². The predicted molar refractivity (Wildman–Crippen MR) is 76.6 cm³/mol. The van der Waals surface area contributed by atoms with Gasteiger partial charge in [-0.25, -0.2) is 0 Å². The van der Waals surface area contributed by atoms with E-state index in [9.17, 15) is 0 Å². The molecule has 3 fully saturated rings. The normalized spacial score (nSPS) is 44.3. The summed E-state index contributed by atoms with van der Waals surface area (Å²) in [6.07, 6.45) is 4.28. The Morgan fingerprint density at radius 1 is 1.17 bits per heavy atom. The SMILES string of the molecule is CC(C)C1CNC(C)(C2CC2)CN1C1CC1(C)C. The molecule has 3 aliphatic rings. The van der Waals surface area contributed by atoms with Gasteiger partial charge >= 0.3 is 0 Å². The highest BCUT2D eigenvalue weighted by molar-refractivity contribution is 5.11. The number of nitrogens with one attached hydrogen (secondary N) is 1. The molecule has 0 aromatic carbocycles. The Hall–Kier alpha value is -0.0800. The van der Waals surface area contributed by atoms with E-state index < -0.39 is 0 Å². The van der Waals surface area contributed by atoms with Crippen molar-refractivity contribution in [1.82, 2.24) is 10.2 Å². The first-order valence-electron chi connectivity index (χ1n) is 7.84. The summed E-state index contributed by atoms with van der Waals surface area (Å²) in [4.78, 5) is 2.86. The number of hydrogen-bond donors (Lipinski definition) is 1. The third-order valence-corrected chi connectivity index (χ3v) is 5.76. The predicted octanol–water partition coefficient (Wildman–Crippen LogP) is 2.88. The van der Waals surface area contributed by atoms with Crippen LogP contribution in [0.2, 0.25) is 0 Å². The van der Waals surface area contributed by atoms with Crippen molar-refractivity contribution < 1.29 is 0 Å². The van der Waals surface area contributed by atoms with E-state index in [1.807, 2.05) is 0 Å². The Bertz CT molecular complexity index is 332. The van der Waals surface area contributed by atoms with E-state index in [1.54, 1.807) is 0 Å². The molecular formula is C16H30N2. The zero-order valence-corrected chi connectivity index (χ0v) is 12.8. The zero-order chi connectivity index (χ0) is 13.1. The standard InChI is InChI=1S/C16H30N2/c1-11(2)13-9-17-16(5,12-6-7-12)10-18(13)14-8-15(14,3)4/h11-14,17H,6-10H2,1-5H3. The Morgan fingerprint density at radius 3 is 2.22 bits per heavy atom. The van der Waals surface area contributed by atoms with Crippen molar-refractivity contribution in [3.8, 4) is 0 Å². The van der Waals surface area contributed by atoms with E-state index in [-0.39, 0.29) is 0 Å². The summed E-state index contributed by atoms with van der Waals surface area (Å²) in [5.74, 6) is 1.70. The minimum Gasteiger partial charge on any atom is -0.308 e. The molecule has 0 amide bonds. The van der Waals surface area contributed by atoms with Gasteiger partial charge in [0.1, 0.15) is 0 Å². The average Bonchev–Trinajstić information content (AvgIpc) is 3.13.